The van der Waals surface area contributed by atoms with Crippen LogP contribution in [0.25, 0.3) is 0 Å². The second-order valence-corrected chi connectivity index (χ2v) is 5.70. The van der Waals surface area contributed by atoms with E-state index < -0.39 is 0 Å². The Bertz CT molecular complexity index is 854. The van der Waals surface area contributed by atoms with Crippen LogP contribution in [-0.4, -0.2) is 15.9 Å². The Labute approximate surface area is 148 Å². The van der Waals surface area contributed by atoms with Gasteiger partial charge in [0.1, 0.15) is 5.82 Å². The van der Waals surface area contributed by atoms with Crippen molar-refractivity contribution < 1.29 is 4.79 Å². The molecule has 0 spiro atoms. The summed E-state index contributed by atoms with van der Waals surface area (Å²) in [7, 11) is 0. The van der Waals surface area contributed by atoms with Gasteiger partial charge >= 0.3 is 0 Å². The third-order valence-corrected chi connectivity index (χ3v) is 3.88. The fraction of sp³-hybridized carbons (Fsp3) is 0. The fourth-order valence-electron chi connectivity index (χ4n) is 1.96. The van der Waals surface area contributed by atoms with E-state index in [1.165, 1.54) is 6.20 Å². The number of hydrogen-bond donors (Lipinski definition) is 2. The van der Waals surface area contributed by atoms with E-state index in [0.29, 0.717) is 27.1 Å². The van der Waals surface area contributed by atoms with Crippen LogP contribution in [0.1, 0.15) is 10.4 Å². The number of halogens is 2. The summed E-state index contributed by atoms with van der Waals surface area (Å²) in [4.78, 5) is 20.2. The van der Waals surface area contributed by atoms with Gasteiger partial charge in [-0.25, -0.2) is 4.98 Å². The summed E-state index contributed by atoms with van der Waals surface area (Å²) in [6.07, 6.45) is 4.68. The van der Waals surface area contributed by atoms with Crippen LogP contribution in [-0.2, 0) is 0 Å². The lowest BCUT2D eigenvalue weighted by Crippen LogP contribution is -2.12. The van der Waals surface area contributed by atoms with Crippen LogP contribution in [0.4, 0.5) is 17.2 Å². The van der Waals surface area contributed by atoms with Crippen LogP contribution >= 0.6 is 23.2 Å². The van der Waals surface area contributed by atoms with Gasteiger partial charge in [0.25, 0.3) is 5.91 Å². The van der Waals surface area contributed by atoms with Gasteiger partial charge in [-0.05, 0) is 42.5 Å². The molecule has 24 heavy (non-hydrogen) atoms. The number of pyridine rings is 2. The topological polar surface area (TPSA) is 66.9 Å². The Balaban J connectivity index is 1.67. The SMILES string of the molecule is O=C(Nc1ccc(Nc2ccc(Cl)c(Cl)c2)nc1)c1cccnc1. The van der Waals surface area contributed by atoms with Gasteiger partial charge in [0.2, 0.25) is 0 Å². The zero-order chi connectivity index (χ0) is 16.9. The molecule has 5 nitrogen and oxygen atoms in total. The molecule has 3 rings (SSSR count). The summed E-state index contributed by atoms with van der Waals surface area (Å²) in [5.74, 6) is 0.378. The second kappa shape index (κ2) is 7.29. The van der Waals surface area contributed by atoms with Crippen molar-refractivity contribution in [3.05, 3.63) is 76.7 Å². The third kappa shape index (κ3) is 4.01. The normalized spacial score (nSPS) is 10.2. The van der Waals surface area contributed by atoms with E-state index in [1.54, 1.807) is 54.9 Å². The number of hydrogen-bond acceptors (Lipinski definition) is 4. The first-order valence-corrected chi connectivity index (χ1v) is 7.77. The van der Waals surface area contributed by atoms with Crippen molar-refractivity contribution in [2.24, 2.45) is 0 Å². The summed E-state index contributed by atoms with van der Waals surface area (Å²) < 4.78 is 0. The largest absolute Gasteiger partial charge is 0.340 e. The molecule has 0 aliphatic heterocycles. The van der Waals surface area contributed by atoms with Crippen molar-refractivity contribution in [1.29, 1.82) is 0 Å². The molecule has 1 aromatic carbocycles. The van der Waals surface area contributed by atoms with Crippen molar-refractivity contribution in [1.82, 2.24) is 9.97 Å². The maximum Gasteiger partial charge on any atom is 0.257 e. The molecule has 7 heteroatoms. The maximum absolute atomic E-state index is 12.0. The molecule has 120 valence electrons. The molecule has 0 bridgehead atoms. The Morgan fingerprint density at radius 2 is 1.79 bits per heavy atom. The Morgan fingerprint density at radius 3 is 2.46 bits per heavy atom. The van der Waals surface area contributed by atoms with E-state index in [9.17, 15) is 4.79 Å². The number of carbonyl (C=O) groups excluding carboxylic acids is 1. The van der Waals surface area contributed by atoms with Gasteiger partial charge in [-0.15, -0.1) is 0 Å². The molecule has 0 saturated carbocycles. The lowest BCUT2D eigenvalue weighted by molar-refractivity contribution is 0.102. The smallest absolute Gasteiger partial charge is 0.257 e. The number of amides is 1. The van der Waals surface area contributed by atoms with E-state index in [4.69, 9.17) is 23.2 Å². The minimum atomic E-state index is -0.241. The highest BCUT2D eigenvalue weighted by Gasteiger charge is 2.06. The Hall–Kier alpha value is -2.63. The summed E-state index contributed by atoms with van der Waals surface area (Å²) >= 11 is 11.9. The predicted molar refractivity (Wildman–Crippen MR) is 96.2 cm³/mol. The van der Waals surface area contributed by atoms with Crippen LogP contribution in [0.2, 0.25) is 10.0 Å². The van der Waals surface area contributed by atoms with Crippen molar-refractivity contribution in [3.8, 4) is 0 Å². The Kier molecular flexibility index (Phi) is 4.93. The zero-order valence-electron chi connectivity index (χ0n) is 12.3. The van der Waals surface area contributed by atoms with Crippen molar-refractivity contribution in [2.75, 3.05) is 10.6 Å². The van der Waals surface area contributed by atoms with E-state index in [2.05, 4.69) is 20.6 Å². The highest BCUT2D eigenvalue weighted by atomic mass is 35.5. The number of carbonyl (C=O) groups is 1. The van der Waals surface area contributed by atoms with Crippen molar-refractivity contribution in [2.45, 2.75) is 0 Å². The molecule has 0 radical (unpaired) electrons. The highest BCUT2D eigenvalue weighted by molar-refractivity contribution is 6.42. The first-order valence-electron chi connectivity index (χ1n) is 7.01. The van der Waals surface area contributed by atoms with Crippen LogP contribution in [0.3, 0.4) is 0 Å². The minimum Gasteiger partial charge on any atom is -0.340 e. The molecule has 3 aromatic rings. The Morgan fingerprint density at radius 1 is 0.958 bits per heavy atom. The molecule has 0 fully saturated rings. The lowest BCUT2D eigenvalue weighted by Gasteiger charge is -2.08. The van der Waals surface area contributed by atoms with Gasteiger partial charge in [-0.1, -0.05) is 23.2 Å². The molecule has 2 N–H and O–H groups in total. The number of aromatic nitrogens is 2. The average Bonchev–Trinajstić information content (AvgIpc) is 2.61. The van der Waals surface area contributed by atoms with E-state index in [1.807, 2.05) is 0 Å². The minimum absolute atomic E-state index is 0.241. The number of anilines is 3. The molecular weight excluding hydrogens is 347 g/mol. The monoisotopic (exact) mass is 358 g/mol. The number of rotatable bonds is 4. The molecule has 2 heterocycles. The quantitative estimate of drug-likeness (QED) is 0.704. The van der Waals surface area contributed by atoms with Gasteiger partial charge in [-0.3, -0.25) is 9.78 Å². The molecule has 2 aromatic heterocycles. The first kappa shape index (κ1) is 16.2. The summed E-state index contributed by atoms with van der Waals surface area (Å²) in [6.45, 7) is 0. The lowest BCUT2D eigenvalue weighted by atomic mass is 10.2. The van der Waals surface area contributed by atoms with Gasteiger partial charge in [0.05, 0.1) is 27.5 Å². The van der Waals surface area contributed by atoms with Gasteiger partial charge in [0, 0.05) is 18.1 Å². The third-order valence-electron chi connectivity index (χ3n) is 3.14. The fourth-order valence-corrected chi connectivity index (χ4v) is 2.26. The van der Waals surface area contributed by atoms with Gasteiger partial charge in [-0.2, -0.15) is 0 Å². The van der Waals surface area contributed by atoms with Crippen molar-refractivity contribution in [3.63, 3.8) is 0 Å². The highest BCUT2D eigenvalue weighted by Crippen LogP contribution is 2.26. The molecule has 0 aliphatic rings. The molecule has 0 aliphatic carbocycles. The molecular formula is C17H12Cl2N4O. The standard InChI is InChI=1S/C17H12Cl2N4O/c18-14-5-3-12(8-15(14)19)22-16-6-4-13(10-21-16)23-17(24)11-2-1-7-20-9-11/h1-10H,(H,21,22)(H,23,24). The zero-order valence-corrected chi connectivity index (χ0v) is 13.8. The average molecular weight is 359 g/mol. The number of benzene rings is 1. The second-order valence-electron chi connectivity index (χ2n) is 4.88. The van der Waals surface area contributed by atoms with Crippen LogP contribution in [0.15, 0.2) is 61.1 Å². The predicted octanol–water partition coefficient (Wildman–Crippen LogP) is 4.78. The number of nitrogens with one attached hydrogen (secondary N) is 2. The van der Waals surface area contributed by atoms with Crippen LogP contribution < -0.4 is 10.6 Å². The molecule has 1 amide bonds. The first-order chi connectivity index (χ1) is 11.6. The van der Waals surface area contributed by atoms with Gasteiger partial charge in [0.15, 0.2) is 0 Å². The van der Waals surface area contributed by atoms with E-state index in [-0.39, 0.29) is 5.91 Å². The van der Waals surface area contributed by atoms with Gasteiger partial charge < -0.3 is 10.6 Å². The van der Waals surface area contributed by atoms with Crippen LogP contribution in [0.5, 0.6) is 0 Å². The van der Waals surface area contributed by atoms with E-state index in [0.717, 1.165) is 5.69 Å². The summed E-state index contributed by atoms with van der Waals surface area (Å²) in [5, 5.41) is 6.82. The van der Waals surface area contributed by atoms with E-state index >= 15 is 0 Å². The molecule has 0 unspecified atom stereocenters. The van der Waals surface area contributed by atoms with Crippen molar-refractivity contribution >= 4 is 46.3 Å². The summed E-state index contributed by atoms with van der Waals surface area (Å²) in [5.41, 5.74) is 1.84. The summed E-state index contributed by atoms with van der Waals surface area (Å²) in [6, 6.07) is 12.1. The molecule has 0 atom stereocenters. The number of nitrogens with zero attached hydrogens (tertiary/aromatic N) is 2. The molecule has 0 saturated heterocycles. The maximum atomic E-state index is 12.0. The van der Waals surface area contributed by atoms with Crippen LogP contribution in [0, 0.1) is 0 Å².